The highest BCUT2D eigenvalue weighted by Crippen LogP contribution is 2.19. The van der Waals surface area contributed by atoms with Gasteiger partial charge < -0.3 is 29.3 Å². The van der Waals surface area contributed by atoms with Gasteiger partial charge in [0.15, 0.2) is 5.96 Å². The fraction of sp³-hybridized carbons (Fsp3) is 0.696. The second kappa shape index (κ2) is 14.2. The van der Waals surface area contributed by atoms with Gasteiger partial charge >= 0.3 is 0 Å². The Labute approximate surface area is 182 Å². The molecule has 1 unspecified atom stereocenters. The van der Waals surface area contributed by atoms with Crippen LogP contribution in [0, 0.1) is 5.92 Å². The molecule has 30 heavy (non-hydrogen) atoms. The number of nitrogens with zero attached hydrogens (tertiary/aromatic N) is 3. The van der Waals surface area contributed by atoms with E-state index >= 15 is 0 Å². The summed E-state index contributed by atoms with van der Waals surface area (Å²) in [6.07, 6.45) is 1.12. The zero-order valence-corrected chi connectivity index (χ0v) is 19.2. The number of ether oxygens (including phenoxy) is 3. The first kappa shape index (κ1) is 24.4. The van der Waals surface area contributed by atoms with Crippen LogP contribution in [-0.2, 0) is 16.0 Å². The molecular formula is C23H40N4O3. The van der Waals surface area contributed by atoms with Crippen LogP contribution < -0.4 is 10.1 Å². The van der Waals surface area contributed by atoms with E-state index in [4.69, 9.17) is 14.2 Å². The zero-order chi connectivity index (χ0) is 21.6. The molecule has 0 amide bonds. The molecule has 1 fully saturated rings. The summed E-state index contributed by atoms with van der Waals surface area (Å²) in [7, 11) is 3.54. The number of rotatable bonds is 13. The number of para-hydroxylation sites is 1. The summed E-state index contributed by atoms with van der Waals surface area (Å²) in [5.74, 6) is 2.42. The van der Waals surface area contributed by atoms with E-state index in [1.807, 2.05) is 19.2 Å². The second-order valence-corrected chi connectivity index (χ2v) is 7.55. The van der Waals surface area contributed by atoms with Crippen LogP contribution in [-0.4, -0.2) is 89.1 Å². The number of nitrogens with one attached hydrogen (secondary N) is 1. The Hall–Kier alpha value is -1.83. The van der Waals surface area contributed by atoms with Crippen molar-refractivity contribution in [1.82, 2.24) is 15.1 Å². The number of guanidine groups is 1. The molecule has 2 rings (SSSR count). The van der Waals surface area contributed by atoms with Crippen LogP contribution in [0.5, 0.6) is 5.75 Å². The van der Waals surface area contributed by atoms with Gasteiger partial charge in [-0.2, -0.15) is 0 Å². The molecule has 0 radical (unpaired) electrons. The minimum atomic E-state index is 0.538. The fourth-order valence-corrected chi connectivity index (χ4v) is 3.68. The molecule has 0 aliphatic carbocycles. The van der Waals surface area contributed by atoms with Gasteiger partial charge in [0.2, 0.25) is 0 Å². The van der Waals surface area contributed by atoms with Crippen LogP contribution in [0.3, 0.4) is 0 Å². The van der Waals surface area contributed by atoms with Crippen molar-refractivity contribution in [3.8, 4) is 5.75 Å². The van der Waals surface area contributed by atoms with E-state index in [9.17, 15) is 0 Å². The molecule has 1 aromatic rings. The van der Waals surface area contributed by atoms with Crippen LogP contribution in [0.1, 0.15) is 25.8 Å². The Balaban J connectivity index is 1.81. The minimum absolute atomic E-state index is 0.538. The quantitative estimate of drug-likeness (QED) is 0.301. The minimum Gasteiger partial charge on any atom is -0.492 e. The van der Waals surface area contributed by atoms with Gasteiger partial charge in [-0.3, -0.25) is 4.99 Å². The van der Waals surface area contributed by atoms with Crippen molar-refractivity contribution in [2.24, 2.45) is 10.9 Å². The zero-order valence-electron chi connectivity index (χ0n) is 19.2. The highest BCUT2D eigenvalue weighted by Gasteiger charge is 2.25. The molecule has 1 atom stereocenters. The van der Waals surface area contributed by atoms with Crippen LogP contribution in [0.4, 0.5) is 0 Å². The lowest BCUT2D eigenvalue weighted by atomic mass is 10.1. The first-order chi connectivity index (χ1) is 14.7. The normalized spacial score (nSPS) is 17.0. The van der Waals surface area contributed by atoms with E-state index in [2.05, 4.69) is 46.1 Å². The second-order valence-electron chi connectivity index (χ2n) is 7.55. The number of likely N-dealkylation sites (tertiary alicyclic amines) is 1. The first-order valence-corrected chi connectivity index (χ1v) is 11.2. The van der Waals surface area contributed by atoms with Gasteiger partial charge in [0.1, 0.15) is 12.4 Å². The number of aliphatic imine (C=N–C) groups is 1. The Morgan fingerprint density at radius 3 is 2.73 bits per heavy atom. The number of likely N-dealkylation sites (N-methyl/N-ethyl adjacent to an activating group) is 1. The summed E-state index contributed by atoms with van der Waals surface area (Å²) in [4.78, 5) is 9.17. The van der Waals surface area contributed by atoms with E-state index in [-0.39, 0.29) is 0 Å². The lowest BCUT2D eigenvalue weighted by Gasteiger charge is -2.23. The topological polar surface area (TPSA) is 58.6 Å². The van der Waals surface area contributed by atoms with E-state index < -0.39 is 0 Å². The third-order valence-electron chi connectivity index (χ3n) is 5.55. The highest BCUT2D eigenvalue weighted by molar-refractivity contribution is 5.80. The van der Waals surface area contributed by atoms with E-state index in [1.54, 1.807) is 7.11 Å². The molecule has 1 aromatic carbocycles. The number of methoxy groups -OCH3 is 1. The molecule has 0 spiro atoms. The molecule has 7 nitrogen and oxygen atoms in total. The van der Waals surface area contributed by atoms with Crippen LogP contribution in [0.25, 0.3) is 0 Å². The van der Waals surface area contributed by atoms with Crippen molar-refractivity contribution >= 4 is 5.96 Å². The molecule has 1 heterocycles. The van der Waals surface area contributed by atoms with E-state index in [1.165, 1.54) is 0 Å². The third kappa shape index (κ3) is 8.13. The summed E-state index contributed by atoms with van der Waals surface area (Å²) in [5, 5.41) is 3.51. The van der Waals surface area contributed by atoms with Crippen LogP contribution in [0.15, 0.2) is 29.3 Å². The first-order valence-electron chi connectivity index (χ1n) is 11.2. The standard InChI is InChI=1S/C23H40N4O3/c1-5-26(6-2)13-14-30-22-10-8-7-9-21(22)17-25-23(24-3)27-12-11-20(18-27)19-29-16-15-28-4/h7-10,20H,5-6,11-19H2,1-4H3,(H,24,25). The fourth-order valence-electron chi connectivity index (χ4n) is 3.68. The number of benzene rings is 1. The van der Waals surface area contributed by atoms with Crippen LogP contribution >= 0.6 is 0 Å². The molecule has 1 N–H and O–H groups in total. The summed E-state index contributed by atoms with van der Waals surface area (Å²) >= 11 is 0. The lowest BCUT2D eigenvalue weighted by Crippen LogP contribution is -2.40. The molecule has 0 bridgehead atoms. The molecule has 1 aliphatic heterocycles. The molecule has 1 saturated heterocycles. The summed E-state index contributed by atoms with van der Waals surface area (Å²) in [5.41, 5.74) is 1.15. The SMILES string of the molecule is CCN(CC)CCOc1ccccc1CNC(=NC)N1CCC(COCCOC)C1. The van der Waals surface area contributed by atoms with Gasteiger partial charge in [0, 0.05) is 51.8 Å². The Kier molecular flexibility index (Phi) is 11.6. The van der Waals surface area contributed by atoms with Gasteiger partial charge in [-0.25, -0.2) is 0 Å². The largest absolute Gasteiger partial charge is 0.492 e. The lowest BCUT2D eigenvalue weighted by molar-refractivity contribution is 0.0536. The van der Waals surface area contributed by atoms with Gasteiger partial charge in [0.05, 0.1) is 19.8 Å². The predicted octanol–water partition coefficient (Wildman–Crippen LogP) is 2.47. The van der Waals surface area contributed by atoms with Crippen molar-refractivity contribution in [3.05, 3.63) is 29.8 Å². The summed E-state index contributed by atoms with van der Waals surface area (Å²) in [6.45, 7) is 12.8. The highest BCUT2D eigenvalue weighted by atomic mass is 16.5. The molecule has 7 heteroatoms. The molecule has 0 aromatic heterocycles. The Morgan fingerprint density at radius 2 is 2.00 bits per heavy atom. The monoisotopic (exact) mass is 420 g/mol. The summed E-state index contributed by atoms with van der Waals surface area (Å²) < 4.78 is 16.8. The van der Waals surface area contributed by atoms with Crippen molar-refractivity contribution in [2.45, 2.75) is 26.8 Å². The maximum Gasteiger partial charge on any atom is 0.193 e. The van der Waals surface area contributed by atoms with Gasteiger partial charge in [-0.05, 0) is 25.6 Å². The maximum absolute atomic E-state index is 6.08. The number of hydrogen-bond donors (Lipinski definition) is 1. The van der Waals surface area contributed by atoms with E-state index in [0.29, 0.717) is 32.3 Å². The van der Waals surface area contributed by atoms with E-state index in [0.717, 1.165) is 63.0 Å². The van der Waals surface area contributed by atoms with Crippen molar-refractivity contribution in [2.75, 3.05) is 73.3 Å². The maximum atomic E-state index is 6.08. The van der Waals surface area contributed by atoms with Gasteiger partial charge in [-0.1, -0.05) is 32.0 Å². The Morgan fingerprint density at radius 1 is 1.20 bits per heavy atom. The van der Waals surface area contributed by atoms with Crippen molar-refractivity contribution in [3.63, 3.8) is 0 Å². The third-order valence-corrected chi connectivity index (χ3v) is 5.55. The average molecular weight is 421 g/mol. The predicted molar refractivity (Wildman–Crippen MR) is 122 cm³/mol. The van der Waals surface area contributed by atoms with Crippen LogP contribution in [0.2, 0.25) is 0 Å². The number of hydrogen-bond acceptors (Lipinski definition) is 5. The molecule has 170 valence electrons. The van der Waals surface area contributed by atoms with Gasteiger partial charge in [-0.15, -0.1) is 0 Å². The van der Waals surface area contributed by atoms with Crippen molar-refractivity contribution in [1.29, 1.82) is 0 Å². The van der Waals surface area contributed by atoms with Crippen molar-refractivity contribution < 1.29 is 14.2 Å². The summed E-state index contributed by atoms with van der Waals surface area (Å²) in [6, 6.07) is 8.24. The smallest absolute Gasteiger partial charge is 0.193 e. The molecular weight excluding hydrogens is 380 g/mol. The molecule has 1 aliphatic rings. The average Bonchev–Trinajstić information content (AvgIpc) is 3.24. The van der Waals surface area contributed by atoms with Gasteiger partial charge in [0.25, 0.3) is 0 Å². The molecule has 0 saturated carbocycles. The Bertz CT molecular complexity index is 622.